The van der Waals surface area contributed by atoms with Gasteiger partial charge in [-0.2, -0.15) is 4.31 Å². The number of carbonyl (C=O) groups is 1. The Hall–Kier alpha value is -2.42. The first-order chi connectivity index (χ1) is 16.0. The number of rotatable bonds is 7. The molecule has 2 aliphatic heterocycles. The van der Waals surface area contributed by atoms with Gasteiger partial charge >= 0.3 is 0 Å². The fourth-order valence-electron chi connectivity index (χ4n) is 4.67. The molecule has 0 aromatic heterocycles. The zero-order valence-corrected chi connectivity index (χ0v) is 20.0. The van der Waals surface area contributed by atoms with Crippen molar-refractivity contribution in [1.29, 1.82) is 0 Å². The molecule has 4 rings (SSSR count). The van der Waals surface area contributed by atoms with Gasteiger partial charge in [-0.1, -0.05) is 30.3 Å². The summed E-state index contributed by atoms with van der Waals surface area (Å²) in [5.74, 6) is 0.278. The molecule has 33 heavy (non-hydrogen) atoms. The van der Waals surface area contributed by atoms with Crippen LogP contribution in [0.3, 0.4) is 0 Å². The van der Waals surface area contributed by atoms with E-state index in [1.807, 2.05) is 6.07 Å². The normalized spacial score (nSPS) is 20.9. The second-order valence-corrected chi connectivity index (χ2v) is 10.9. The molecular formula is C25H33N3O4S. The number of carbonyl (C=O) groups excluding carboxylic acids is 1. The number of benzene rings is 2. The molecule has 2 aromatic carbocycles. The molecule has 1 unspecified atom stereocenters. The number of hydrogen-bond acceptors (Lipinski definition) is 5. The number of ether oxygens (including phenoxy) is 1. The minimum Gasteiger partial charge on any atom is -0.497 e. The van der Waals surface area contributed by atoms with Gasteiger partial charge in [-0.15, -0.1) is 0 Å². The first kappa shape index (κ1) is 23.7. The number of methoxy groups -OCH3 is 1. The van der Waals surface area contributed by atoms with Gasteiger partial charge in [0.05, 0.1) is 17.9 Å². The van der Waals surface area contributed by atoms with Crippen LogP contribution in [0.25, 0.3) is 0 Å². The van der Waals surface area contributed by atoms with E-state index in [1.165, 1.54) is 9.87 Å². The van der Waals surface area contributed by atoms with Gasteiger partial charge in [0.1, 0.15) is 5.75 Å². The Morgan fingerprint density at radius 2 is 1.70 bits per heavy atom. The topological polar surface area (TPSA) is 79.0 Å². The zero-order valence-electron chi connectivity index (χ0n) is 19.2. The number of amides is 1. The average molecular weight is 472 g/mol. The highest BCUT2D eigenvalue weighted by atomic mass is 32.2. The number of hydrogen-bond donors (Lipinski definition) is 1. The molecule has 2 heterocycles. The Bertz CT molecular complexity index is 1020. The summed E-state index contributed by atoms with van der Waals surface area (Å²) >= 11 is 0. The molecule has 1 amide bonds. The first-order valence-corrected chi connectivity index (χ1v) is 13.1. The number of sulfonamides is 1. The maximum atomic E-state index is 13.1. The fourth-order valence-corrected chi connectivity index (χ4v) is 6.19. The first-order valence-electron chi connectivity index (χ1n) is 11.7. The maximum Gasteiger partial charge on any atom is 0.243 e. The Labute approximate surface area is 196 Å². The summed E-state index contributed by atoms with van der Waals surface area (Å²) in [4.78, 5) is 15.6. The van der Waals surface area contributed by atoms with Crippen LogP contribution >= 0.6 is 0 Å². The van der Waals surface area contributed by atoms with Gasteiger partial charge in [-0.05, 0) is 55.5 Å². The Morgan fingerprint density at radius 3 is 2.36 bits per heavy atom. The van der Waals surface area contributed by atoms with Gasteiger partial charge in [0, 0.05) is 38.8 Å². The fraction of sp³-hybridized carbons (Fsp3) is 0.480. The molecule has 0 saturated carbocycles. The number of nitrogens with zero attached hydrogens (tertiary/aromatic N) is 2. The van der Waals surface area contributed by atoms with Crippen molar-refractivity contribution in [3.63, 3.8) is 0 Å². The van der Waals surface area contributed by atoms with Gasteiger partial charge in [-0.25, -0.2) is 8.42 Å². The molecule has 0 spiro atoms. The molecule has 2 saturated heterocycles. The second kappa shape index (κ2) is 10.7. The lowest BCUT2D eigenvalue weighted by molar-refractivity contribution is -0.127. The second-order valence-electron chi connectivity index (χ2n) is 8.92. The van der Waals surface area contributed by atoms with Crippen LogP contribution in [0.1, 0.15) is 31.2 Å². The molecule has 0 aliphatic carbocycles. The summed E-state index contributed by atoms with van der Waals surface area (Å²) in [5, 5.41) is 3.20. The minimum absolute atomic E-state index is 0.0221. The van der Waals surface area contributed by atoms with Gasteiger partial charge in [0.15, 0.2) is 0 Å². The highest BCUT2D eigenvalue weighted by molar-refractivity contribution is 7.89. The van der Waals surface area contributed by atoms with E-state index < -0.39 is 10.0 Å². The van der Waals surface area contributed by atoms with Crippen molar-refractivity contribution in [3.8, 4) is 5.75 Å². The highest BCUT2D eigenvalue weighted by Crippen LogP contribution is 2.26. The number of likely N-dealkylation sites (tertiary alicyclic amines) is 1. The lowest BCUT2D eigenvalue weighted by atomic mass is 9.97. The third kappa shape index (κ3) is 5.93. The number of piperidine rings is 2. The molecule has 1 atom stereocenters. The van der Waals surface area contributed by atoms with Gasteiger partial charge in [-0.3, -0.25) is 9.69 Å². The molecule has 2 aromatic rings. The van der Waals surface area contributed by atoms with E-state index in [0.29, 0.717) is 25.1 Å². The van der Waals surface area contributed by atoms with Crippen molar-refractivity contribution in [2.75, 3.05) is 33.3 Å². The monoisotopic (exact) mass is 471 g/mol. The number of nitrogens with one attached hydrogen (secondary N) is 1. The van der Waals surface area contributed by atoms with E-state index in [-0.39, 0.29) is 29.3 Å². The van der Waals surface area contributed by atoms with Crippen LogP contribution in [0.2, 0.25) is 0 Å². The molecule has 2 fully saturated rings. The lowest BCUT2D eigenvalue weighted by Crippen LogP contribution is -2.50. The lowest BCUT2D eigenvalue weighted by Gasteiger charge is -2.35. The van der Waals surface area contributed by atoms with Crippen molar-refractivity contribution in [3.05, 3.63) is 60.2 Å². The Kier molecular flexibility index (Phi) is 7.67. The zero-order chi connectivity index (χ0) is 23.3. The SMILES string of the molecule is COc1ccc(S(=O)(=O)N2CCCC(C(=O)NC3CCN(Cc4ccccc4)CC3)C2)cc1. The molecule has 0 radical (unpaired) electrons. The molecule has 178 valence electrons. The van der Waals surface area contributed by atoms with Gasteiger partial charge in [0.25, 0.3) is 0 Å². The largest absolute Gasteiger partial charge is 0.497 e. The van der Waals surface area contributed by atoms with E-state index >= 15 is 0 Å². The van der Waals surface area contributed by atoms with Gasteiger partial charge in [0.2, 0.25) is 15.9 Å². The Morgan fingerprint density at radius 1 is 1.00 bits per heavy atom. The summed E-state index contributed by atoms with van der Waals surface area (Å²) in [5.41, 5.74) is 1.31. The molecule has 1 N–H and O–H groups in total. The van der Waals surface area contributed by atoms with Gasteiger partial charge < -0.3 is 10.1 Å². The van der Waals surface area contributed by atoms with E-state index in [0.717, 1.165) is 32.5 Å². The van der Waals surface area contributed by atoms with Crippen LogP contribution in [0.15, 0.2) is 59.5 Å². The molecule has 0 bridgehead atoms. The smallest absolute Gasteiger partial charge is 0.243 e. The maximum absolute atomic E-state index is 13.1. The van der Waals surface area contributed by atoms with Crippen LogP contribution in [0.4, 0.5) is 0 Å². The van der Waals surface area contributed by atoms with Crippen LogP contribution < -0.4 is 10.1 Å². The summed E-state index contributed by atoms with van der Waals surface area (Å²) in [6.45, 7) is 3.50. The third-order valence-electron chi connectivity index (χ3n) is 6.64. The van der Waals surface area contributed by atoms with Crippen LogP contribution in [-0.4, -0.2) is 62.9 Å². The average Bonchev–Trinajstić information content (AvgIpc) is 2.86. The molecular weight excluding hydrogens is 438 g/mol. The van der Waals surface area contributed by atoms with E-state index in [1.54, 1.807) is 31.4 Å². The van der Waals surface area contributed by atoms with Crippen molar-refractivity contribution in [1.82, 2.24) is 14.5 Å². The summed E-state index contributed by atoms with van der Waals surface area (Å²) in [7, 11) is -2.09. The quantitative estimate of drug-likeness (QED) is 0.672. The predicted octanol–water partition coefficient (Wildman–Crippen LogP) is 2.88. The minimum atomic E-state index is -3.63. The van der Waals surface area contributed by atoms with Crippen LogP contribution in [0.5, 0.6) is 5.75 Å². The third-order valence-corrected chi connectivity index (χ3v) is 8.51. The summed E-state index contributed by atoms with van der Waals surface area (Å²) in [6.07, 6.45) is 3.23. The van der Waals surface area contributed by atoms with Crippen molar-refractivity contribution in [2.24, 2.45) is 5.92 Å². The van der Waals surface area contributed by atoms with E-state index in [9.17, 15) is 13.2 Å². The summed E-state index contributed by atoms with van der Waals surface area (Å²) < 4.78 is 32.7. The van der Waals surface area contributed by atoms with Crippen LogP contribution in [-0.2, 0) is 21.4 Å². The van der Waals surface area contributed by atoms with E-state index in [4.69, 9.17) is 4.74 Å². The standard InChI is InChI=1S/C25H33N3O4S/c1-32-23-9-11-24(12-10-23)33(30,31)28-15-5-8-21(19-28)25(29)26-22-13-16-27(17-14-22)18-20-6-3-2-4-7-20/h2-4,6-7,9-12,21-22H,5,8,13-19H2,1H3,(H,26,29). The van der Waals surface area contributed by atoms with Crippen molar-refractivity contribution >= 4 is 15.9 Å². The molecule has 8 heteroatoms. The highest BCUT2D eigenvalue weighted by Gasteiger charge is 2.34. The van der Waals surface area contributed by atoms with E-state index in [2.05, 4.69) is 34.5 Å². The summed E-state index contributed by atoms with van der Waals surface area (Å²) in [6, 6.07) is 17.0. The van der Waals surface area contributed by atoms with Crippen molar-refractivity contribution < 1.29 is 17.9 Å². The molecule has 7 nitrogen and oxygen atoms in total. The molecule has 2 aliphatic rings. The van der Waals surface area contributed by atoms with Crippen molar-refractivity contribution in [2.45, 2.75) is 43.2 Å². The predicted molar refractivity (Wildman–Crippen MR) is 127 cm³/mol. The Balaban J connectivity index is 1.29. The van der Waals surface area contributed by atoms with Crippen LogP contribution in [0, 0.1) is 5.92 Å².